The van der Waals surface area contributed by atoms with E-state index in [4.69, 9.17) is 13.9 Å². The number of carbonyl (C=O) groups is 1. The van der Waals surface area contributed by atoms with Gasteiger partial charge in [0.2, 0.25) is 0 Å². The standard InChI is InChI=1S/C39H52O4Si/c1-33(43-44(39(3,4)5,37-25-17-12-18-26-37)38-27-19-13-20-28-38)29-30-36(42-34(2)40)24-16-9-7-6-8-10-21-31-41-32-35-22-14-11-15-23-35/h11-15,17-20,22-23,25-28,33,36H,6-10,16,21,24,31-32H2,1-5H3. The summed E-state index contributed by atoms with van der Waals surface area (Å²) in [5.74, 6) is 6.29. The van der Waals surface area contributed by atoms with Crippen molar-refractivity contribution in [2.45, 2.75) is 110 Å². The molecule has 44 heavy (non-hydrogen) atoms. The van der Waals surface area contributed by atoms with Crippen LogP contribution in [0.1, 0.15) is 91.5 Å². The third kappa shape index (κ3) is 11.4. The summed E-state index contributed by atoms with van der Waals surface area (Å²) in [7, 11) is -2.71. The van der Waals surface area contributed by atoms with Gasteiger partial charge in [0, 0.05) is 13.5 Å². The molecule has 4 nitrogen and oxygen atoms in total. The monoisotopic (exact) mass is 612 g/mol. The summed E-state index contributed by atoms with van der Waals surface area (Å²) in [6.45, 7) is 11.8. The van der Waals surface area contributed by atoms with Gasteiger partial charge in [0.25, 0.3) is 8.32 Å². The number of hydrogen-bond donors (Lipinski definition) is 0. The Labute approximate surface area is 267 Å². The lowest BCUT2D eigenvalue weighted by atomic mass is 10.1. The average molecular weight is 613 g/mol. The van der Waals surface area contributed by atoms with E-state index in [0.717, 1.165) is 32.3 Å². The fourth-order valence-corrected chi connectivity index (χ4v) is 10.3. The Bertz CT molecular complexity index is 1240. The van der Waals surface area contributed by atoms with E-state index in [0.29, 0.717) is 6.61 Å². The highest BCUT2D eigenvalue weighted by Gasteiger charge is 2.50. The lowest BCUT2D eigenvalue weighted by Crippen LogP contribution is -2.67. The predicted octanol–water partition coefficient (Wildman–Crippen LogP) is 8.22. The lowest BCUT2D eigenvalue weighted by molar-refractivity contribution is -0.144. The van der Waals surface area contributed by atoms with Crippen LogP contribution in [0.2, 0.25) is 5.04 Å². The number of carbonyl (C=O) groups excluding carboxylic acids is 1. The van der Waals surface area contributed by atoms with Crippen molar-refractivity contribution >= 4 is 24.7 Å². The molecule has 0 saturated heterocycles. The molecule has 5 heteroatoms. The molecule has 0 saturated carbocycles. The summed E-state index contributed by atoms with van der Waals surface area (Å²) >= 11 is 0. The number of unbranched alkanes of at least 4 members (excludes halogenated alkanes) is 6. The van der Waals surface area contributed by atoms with Gasteiger partial charge in [0.1, 0.15) is 6.10 Å². The minimum atomic E-state index is -2.71. The van der Waals surface area contributed by atoms with Crippen molar-refractivity contribution in [2.75, 3.05) is 6.61 Å². The highest BCUT2D eigenvalue weighted by molar-refractivity contribution is 6.99. The molecule has 0 fully saturated rings. The first-order chi connectivity index (χ1) is 21.2. The third-order valence-electron chi connectivity index (χ3n) is 7.89. The molecule has 0 amide bonds. The third-order valence-corrected chi connectivity index (χ3v) is 13.0. The van der Waals surface area contributed by atoms with Gasteiger partial charge in [-0.05, 0) is 47.2 Å². The molecule has 3 aromatic carbocycles. The van der Waals surface area contributed by atoms with Crippen molar-refractivity contribution in [3.05, 3.63) is 96.6 Å². The van der Waals surface area contributed by atoms with Crippen molar-refractivity contribution in [2.24, 2.45) is 0 Å². The highest BCUT2D eigenvalue weighted by Crippen LogP contribution is 2.37. The van der Waals surface area contributed by atoms with Crippen LogP contribution in [0.15, 0.2) is 91.0 Å². The van der Waals surface area contributed by atoms with Gasteiger partial charge in [-0.3, -0.25) is 4.79 Å². The smallest absolute Gasteiger partial charge is 0.303 e. The Balaban J connectivity index is 1.49. The minimum absolute atomic E-state index is 0.129. The number of esters is 1. The summed E-state index contributed by atoms with van der Waals surface area (Å²) < 4.78 is 18.5. The zero-order valence-electron chi connectivity index (χ0n) is 27.5. The van der Waals surface area contributed by atoms with Gasteiger partial charge < -0.3 is 13.9 Å². The number of hydrogen-bond acceptors (Lipinski definition) is 4. The van der Waals surface area contributed by atoms with E-state index in [1.165, 1.54) is 48.5 Å². The molecular formula is C39H52O4Si. The first-order valence-corrected chi connectivity index (χ1v) is 18.2. The quantitative estimate of drug-likeness (QED) is 0.0667. The summed E-state index contributed by atoms with van der Waals surface area (Å²) in [5, 5.41) is 2.32. The van der Waals surface area contributed by atoms with Gasteiger partial charge in [-0.25, -0.2) is 0 Å². The van der Waals surface area contributed by atoms with Crippen LogP contribution >= 0.6 is 0 Å². The molecule has 0 aromatic heterocycles. The summed E-state index contributed by atoms with van der Waals surface area (Å²) in [6.07, 6.45) is 8.00. The number of ether oxygens (including phenoxy) is 2. The largest absolute Gasteiger partial charge is 0.449 e. The first-order valence-electron chi connectivity index (χ1n) is 16.3. The first kappa shape index (κ1) is 35.3. The van der Waals surface area contributed by atoms with Gasteiger partial charge in [0.05, 0.1) is 6.61 Å². The molecular weight excluding hydrogens is 561 g/mol. The fraction of sp³-hybridized carbons (Fsp3) is 0.462. The Morgan fingerprint density at radius 3 is 1.75 bits per heavy atom. The average Bonchev–Trinajstić information content (AvgIpc) is 3.01. The van der Waals surface area contributed by atoms with Gasteiger partial charge in [-0.15, -0.1) is 0 Å². The molecule has 0 aliphatic rings. The van der Waals surface area contributed by atoms with E-state index >= 15 is 0 Å². The molecule has 3 aromatic rings. The SMILES string of the molecule is CC(=O)OC(C#CC(C)O[Si](c1ccccc1)(c1ccccc1)C(C)(C)C)CCCCCCCCCOCc1ccccc1. The molecule has 0 heterocycles. The second-order valence-electron chi connectivity index (χ2n) is 12.6. The molecule has 0 spiro atoms. The zero-order valence-corrected chi connectivity index (χ0v) is 28.5. The molecule has 3 rings (SSSR count). The van der Waals surface area contributed by atoms with Crippen LogP contribution in [0.25, 0.3) is 0 Å². The van der Waals surface area contributed by atoms with Crippen molar-refractivity contribution in [1.82, 2.24) is 0 Å². The van der Waals surface area contributed by atoms with Gasteiger partial charge >= 0.3 is 5.97 Å². The van der Waals surface area contributed by atoms with E-state index in [1.807, 2.05) is 37.3 Å². The van der Waals surface area contributed by atoms with Crippen molar-refractivity contribution in [3.63, 3.8) is 0 Å². The zero-order chi connectivity index (χ0) is 31.7. The molecule has 0 N–H and O–H groups in total. The van der Waals surface area contributed by atoms with Crippen molar-refractivity contribution in [1.29, 1.82) is 0 Å². The van der Waals surface area contributed by atoms with Crippen LogP contribution in [0.4, 0.5) is 0 Å². The van der Waals surface area contributed by atoms with Crippen molar-refractivity contribution in [3.8, 4) is 11.8 Å². The van der Waals surface area contributed by atoms with E-state index in [1.54, 1.807) is 0 Å². The lowest BCUT2D eigenvalue weighted by Gasteiger charge is -2.44. The maximum absolute atomic E-state index is 11.9. The van der Waals surface area contributed by atoms with Crippen molar-refractivity contribution < 1.29 is 18.7 Å². The maximum atomic E-state index is 11.9. The molecule has 2 unspecified atom stereocenters. The predicted molar refractivity (Wildman–Crippen MR) is 185 cm³/mol. The van der Waals surface area contributed by atoms with E-state index < -0.39 is 14.4 Å². The normalized spacial score (nSPS) is 13.0. The number of benzene rings is 3. The van der Waals surface area contributed by atoms with Crippen LogP contribution in [-0.4, -0.2) is 33.1 Å². The van der Waals surface area contributed by atoms with Crippen LogP contribution in [0.3, 0.4) is 0 Å². The summed E-state index contributed by atoms with van der Waals surface area (Å²) in [4.78, 5) is 11.9. The van der Waals surface area contributed by atoms with Crippen LogP contribution in [0.5, 0.6) is 0 Å². The maximum Gasteiger partial charge on any atom is 0.303 e. The van der Waals surface area contributed by atoms with Crippen LogP contribution < -0.4 is 10.4 Å². The molecule has 236 valence electrons. The highest BCUT2D eigenvalue weighted by atomic mass is 28.4. The molecule has 2 atom stereocenters. The molecule has 0 aliphatic carbocycles. The second kappa shape index (κ2) is 18.6. The van der Waals surface area contributed by atoms with Gasteiger partial charge in [-0.2, -0.15) is 0 Å². The van der Waals surface area contributed by atoms with Gasteiger partial charge in [-0.1, -0.05) is 156 Å². The molecule has 0 bridgehead atoms. The summed E-state index contributed by atoms with van der Waals surface area (Å²) in [5.41, 5.74) is 1.23. The van der Waals surface area contributed by atoms with E-state index in [9.17, 15) is 4.79 Å². The Morgan fingerprint density at radius 2 is 1.23 bits per heavy atom. The molecule has 0 radical (unpaired) electrons. The number of rotatable bonds is 17. The van der Waals surface area contributed by atoms with E-state index in [-0.39, 0.29) is 17.1 Å². The minimum Gasteiger partial charge on any atom is -0.449 e. The summed E-state index contributed by atoms with van der Waals surface area (Å²) in [6, 6.07) is 31.5. The Kier molecular flexibility index (Phi) is 14.9. The molecule has 0 aliphatic heterocycles. The Morgan fingerprint density at radius 1 is 0.727 bits per heavy atom. The van der Waals surface area contributed by atoms with Crippen LogP contribution in [-0.2, 0) is 25.3 Å². The topological polar surface area (TPSA) is 44.8 Å². The van der Waals surface area contributed by atoms with E-state index in [2.05, 4.69) is 93.3 Å². The second-order valence-corrected chi connectivity index (χ2v) is 16.9. The fourth-order valence-electron chi connectivity index (χ4n) is 5.74. The van der Waals surface area contributed by atoms with Crippen LogP contribution in [0, 0.1) is 11.8 Å². The van der Waals surface area contributed by atoms with Gasteiger partial charge in [0.15, 0.2) is 6.10 Å². The Hall–Kier alpha value is -3.17.